The number of anilines is 1. The van der Waals surface area contributed by atoms with Crippen molar-refractivity contribution in [3.05, 3.63) is 65.2 Å². The largest absolute Gasteiger partial charge is 0.381 e. The van der Waals surface area contributed by atoms with Crippen LogP contribution in [0.5, 0.6) is 0 Å². The predicted molar refractivity (Wildman–Crippen MR) is 78.8 cm³/mol. The van der Waals surface area contributed by atoms with Gasteiger partial charge in [0.15, 0.2) is 11.6 Å². The summed E-state index contributed by atoms with van der Waals surface area (Å²) in [6.07, 6.45) is 0. The Hall–Kier alpha value is -1.90. The van der Waals surface area contributed by atoms with Gasteiger partial charge in [-0.1, -0.05) is 45.0 Å². The summed E-state index contributed by atoms with van der Waals surface area (Å²) < 4.78 is 26.6. The van der Waals surface area contributed by atoms with Crippen LogP contribution in [0.2, 0.25) is 0 Å². The summed E-state index contributed by atoms with van der Waals surface area (Å²) in [5.74, 6) is -1.60. The molecule has 1 N–H and O–H groups in total. The molecule has 2 aromatic carbocycles. The van der Waals surface area contributed by atoms with E-state index in [1.807, 2.05) is 24.3 Å². The Kier molecular flexibility index (Phi) is 4.07. The minimum absolute atomic E-state index is 0.104. The highest BCUT2D eigenvalue weighted by Gasteiger charge is 2.13. The highest BCUT2D eigenvalue weighted by atomic mass is 19.2. The van der Waals surface area contributed by atoms with Gasteiger partial charge in [0, 0.05) is 17.8 Å². The first kappa shape index (κ1) is 14.5. The average molecular weight is 275 g/mol. The van der Waals surface area contributed by atoms with E-state index in [4.69, 9.17) is 0 Å². The molecule has 2 aromatic rings. The lowest BCUT2D eigenvalue weighted by Crippen LogP contribution is -2.11. The summed E-state index contributed by atoms with van der Waals surface area (Å²) in [6, 6.07) is 12.2. The second-order valence-corrected chi connectivity index (χ2v) is 5.89. The monoisotopic (exact) mass is 275 g/mol. The Morgan fingerprint density at radius 2 is 1.60 bits per heavy atom. The number of hydrogen-bond acceptors (Lipinski definition) is 1. The van der Waals surface area contributed by atoms with Crippen LogP contribution in [0.4, 0.5) is 14.5 Å². The topological polar surface area (TPSA) is 12.0 Å². The van der Waals surface area contributed by atoms with Gasteiger partial charge in [-0.05, 0) is 29.2 Å². The fourth-order valence-corrected chi connectivity index (χ4v) is 1.97. The zero-order valence-electron chi connectivity index (χ0n) is 12.0. The molecule has 3 heteroatoms. The van der Waals surface area contributed by atoms with Gasteiger partial charge in [0.25, 0.3) is 0 Å². The van der Waals surface area contributed by atoms with Gasteiger partial charge in [0.05, 0.1) is 0 Å². The van der Waals surface area contributed by atoms with Crippen molar-refractivity contribution in [1.29, 1.82) is 0 Å². The number of benzene rings is 2. The third-order valence-corrected chi connectivity index (χ3v) is 3.27. The van der Waals surface area contributed by atoms with Gasteiger partial charge in [-0.15, -0.1) is 0 Å². The number of halogens is 2. The lowest BCUT2D eigenvalue weighted by atomic mass is 9.87. The van der Waals surface area contributed by atoms with Crippen molar-refractivity contribution < 1.29 is 8.78 Å². The second-order valence-electron chi connectivity index (χ2n) is 5.89. The minimum atomic E-state index is -0.813. The van der Waals surface area contributed by atoms with Gasteiger partial charge in [-0.2, -0.15) is 0 Å². The lowest BCUT2D eigenvalue weighted by Gasteiger charge is -2.19. The van der Waals surface area contributed by atoms with Gasteiger partial charge in [0.2, 0.25) is 0 Å². The molecule has 0 bridgehead atoms. The quantitative estimate of drug-likeness (QED) is 0.842. The molecule has 0 amide bonds. The fourth-order valence-electron chi connectivity index (χ4n) is 1.97. The molecule has 106 valence electrons. The molecule has 1 nitrogen and oxygen atoms in total. The van der Waals surface area contributed by atoms with Crippen LogP contribution in [-0.4, -0.2) is 0 Å². The lowest BCUT2D eigenvalue weighted by molar-refractivity contribution is 0.500. The number of hydrogen-bond donors (Lipinski definition) is 1. The van der Waals surface area contributed by atoms with Crippen LogP contribution in [0.1, 0.15) is 31.9 Å². The average Bonchev–Trinajstić information content (AvgIpc) is 2.40. The van der Waals surface area contributed by atoms with Crippen LogP contribution in [-0.2, 0) is 12.0 Å². The third-order valence-electron chi connectivity index (χ3n) is 3.27. The molecule has 0 saturated carbocycles. The molecule has 2 rings (SSSR count). The number of nitrogens with one attached hydrogen (secondary N) is 1. The van der Waals surface area contributed by atoms with E-state index in [1.165, 1.54) is 11.6 Å². The Morgan fingerprint density at radius 3 is 2.20 bits per heavy atom. The van der Waals surface area contributed by atoms with Gasteiger partial charge >= 0.3 is 0 Å². The summed E-state index contributed by atoms with van der Waals surface area (Å²) in [6.45, 7) is 6.71. The fraction of sp³-hybridized carbons (Fsp3) is 0.294. The van der Waals surface area contributed by atoms with Crippen molar-refractivity contribution in [2.75, 3.05) is 5.32 Å². The van der Waals surface area contributed by atoms with E-state index in [0.717, 1.165) is 11.8 Å². The van der Waals surface area contributed by atoms with E-state index in [9.17, 15) is 8.78 Å². The molecule has 0 aliphatic carbocycles. The van der Waals surface area contributed by atoms with Crippen LogP contribution < -0.4 is 5.32 Å². The molecule has 0 aliphatic rings. The molecule has 0 radical (unpaired) electrons. The number of rotatable bonds is 3. The normalized spacial score (nSPS) is 11.4. The Morgan fingerprint density at radius 1 is 0.950 bits per heavy atom. The molecule has 0 spiro atoms. The third kappa shape index (κ3) is 3.35. The highest BCUT2D eigenvalue weighted by Crippen LogP contribution is 2.23. The maximum absolute atomic E-state index is 13.5. The highest BCUT2D eigenvalue weighted by molar-refractivity contribution is 5.46. The summed E-state index contributed by atoms with van der Waals surface area (Å²) in [7, 11) is 0. The van der Waals surface area contributed by atoms with Crippen molar-refractivity contribution in [3.63, 3.8) is 0 Å². The molecule has 0 unspecified atom stereocenters. The molecule has 0 heterocycles. The van der Waals surface area contributed by atoms with E-state index >= 15 is 0 Å². The summed E-state index contributed by atoms with van der Waals surface area (Å²) in [4.78, 5) is 0. The molecule has 0 atom stereocenters. The van der Waals surface area contributed by atoms with Crippen LogP contribution in [0.25, 0.3) is 0 Å². The molecular weight excluding hydrogens is 256 g/mol. The van der Waals surface area contributed by atoms with E-state index in [1.54, 1.807) is 6.07 Å². The van der Waals surface area contributed by atoms with Crippen molar-refractivity contribution >= 4 is 5.69 Å². The minimum Gasteiger partial charge on any atom is -0.381 e. The first-order valence-corrected chi connectivity index (χ1v) is 6.65. The van der Waals surface area contributed by atoms with Gasteiger partial charge < -0.3 is 5.32 Å². The summed E-state index contributed by atoms with van der Waals surface area (Å²) in [5.41, 5.74) is 2.55. The Bertz CT molecular complexity index is 583. The van der Waals surface area contributed by atoms with Crippen molar-refractivity contribution in [2.45, 2.75) is 32.7 Å². The molecular formula is C17H19F2N. The Balaban J connectivity index is 2.06. The first-order chi connectivity index (χ1) is 9.38. The zero-order valence-corrected chi connectivity index (χ0v) is 12.0. The summed E-state index contributed by atoms with van der Waals surface area (Å²) >= 11 is 0. The van der Waals surface area contributed by atoms with Gasteiger partial charge in [-0.3, -0.25) is 0 Å². The van der Waals surface area contributed by atoms with Crippen LogP contribution in [0, 0.1) is 11.6 Å². The molecule has 0 aliphatic heterocycles. The summed E-state index contributed by atoms with van der Waals surface area (Å²) in [5, 5.41) is 3.10. The predicted octanol–water partition coefficient (Wildman–Crippen LogP) is 4.87. The van der Waals surface area contributed by atoms with Crippen molar-refractivity contribution in [2.24, 2.45) is 0 Å². The molecule has 0 aromatic heterocycles. The first-order valence-electron chi connectivity index (χ1n) is 6.65. The van der Waals surface area contributed by atoms with Crippen LogP contribution >= 0.6 is 0 Å². The van der Waals surface area contributed by atoms with Gasteiger partial charge in [0.1, 0.15) is 0 Å². The Labute approximate surface area is 118 Å². The van der Waals surface area contributed by atoms with Crippen molar-refractivity contribution in [3.8, 4) is 0 Å². The van der Waals surface area contributed by atoms with E-state index < -0.39 is 11.6 Å². The second kappa shape index (κ2) is 5.61. The van der Waals surface area contributed by atoms with Crippen LogP contribution in [0.3, 0.4) is 0 Å². The maximum Gasteiger partial charge on any atom is 0.163 e. The standard InChI is InChI=1S/C17H19F2N/c1-17(2,3)13-7-9-14(10-8-13)20-11-12-5-4-6-15(18)16(12)19/h4-10,20H,11H2,1-3H3. The van der Waals surface area contributed by atoms with E-state index in [2.05, 4.69) is 26.1 Å². The molecule has 20 heavy (non-hydrogen) atoms. The van der Waals surface area contributed by atoms with E-state index in [0.29, 0.717) is 5.56 Å². The molecule has 0 saturated heterocycles. The zero-order chi connectivity index (χ0) is 14.8. The SMILES string of the molecule is CC(C)(C)c1ccc(NCc2cccc(F)c2F)cc1. The smallest absolute Gasteiger partial charge is 0.163 e. The van der Waals surface area contributed by atoms with Crippen LogP contribution in [0.15, 0.2) is 42.5 Å². The van der Waals surface area contributed by atoms with E-state index in [-0.39, 0.29) is 12.0 Å². The molecule has 0 fully saturated rings. The van der Waals surface area contributed by atoms with Crippen molar-refractivity contribution in [1.82, 2.24) is 0 Å². The van der Waals surface area contributed by atoms with Gasteiger partial charge in [-0.25, -0.2) is 8.78 Å². The maximum atomic E-state index is 13.5.